The molecule has 0 saturated carbocycles. The van der Waals surface area contributed by atoms with Crippen LogP contribution in [0.2, 0.25) is 0 Å². The highest BCUT2D eigenvalue weighted by Crippen LogP contribution is 2.33. The van der Waals surface area contributed by atoms with Crippen LogP contribution >= 0.6 is 0 Å². The summed E-state index contributed by atoms with van der Waals surface area (Å²) < 4.78 is 0. The number of carbonyl (C=O) groups excluding carboxylic acids is 1. The molecular formula is C14H16N4O. The molecule has 1 aliphatic heterocycles. The van der Waals surface area contributed by atoms with E-state index in [9.17, 15) is 4.79 Å². The van der Waals surface area contributed by atoms with Crippen molar-refractivity contribution in [3.8, 4) is 11.3 Å². The fourth-order valence-corrected chi connectivity index (χ4v) is 2.73. The van der Waals surface area contributed by atoms with E-state index in [1.807, 2.05) is 17.0 Å². The lowest BCUT2D eigenvalue weighted by atomic mass is 9.94. The predicted octanol–water partition coefficient (Wildman–Crippen LogP) is 2.16. The quantitative estimate of drug-likeness (QED) is 0.850. The molecule has 1 aromatic heterocycles. The van der Waals surface area contributed by atoms with Crippen LogP contribution in [0.15, 0.2) is 24.4 Å². The van der Waals surface area contributed by atoms with Crippen LogP contribution in [-0.4, -0.2) is 27.4 Å². The summed E-state index contributed by atoms with van der Waals surface area (Å²) in [5.41, 5.74) is 4.09. The Morgan fingerprint density at radius 3 is 3.00 bits per heavy atom. The van der Waals surface area contributed by atoms with E-state index in [1.54, 1.807) is 13.1 Å². The molecule has 98 valence electrons. The monoisotopic (exact) mass is 256 g/mol. The summed E-state index contributed by atoms with van der Waals surface area (Å²) in [6.45, 7) is 3.72. The number of fused-ring (bicyclic) bond motifs is 1. The van der Waals surface area contributed by atoms with Crippen molar-refractivity contribution < 1.29 is 4.79 Å². The van der Waals surface area contributed by atoms with Gasteiger partial charge in [0.2, 0.25) is 5.91 Å². The van der Waals surface area contributed by atoms with Crippen LogP contribution in [0.5, 0.6) is 0 Å². The van der Waals surface area contributed by atoms with Gasteiger partial charge in [-0.25, -0.2) is 0 Å². The molecule has 0 aliphatic carbocycles. The van der Waals surface area contributed by atoms with E-state index in [4.69, 9.17) is 0 Å². The summed E-state index contributed by atoms with van der Waals surface area (Å²) in [5.74, 6) is 0.0997. The van der Waals surface area contributed by atoms with Crippen LogP contribution in [0.1, 0.15) is 25.8 Å². The van der Waals surface area contributed by atoms with Gasteiger partial charge >= 0.3 is 0 Å². The fourth-order valence-electron chi connectivity index (χ4n) is 2.73. The van der Waals surface area contributed by atoms with Crippen molar-refractivity contribution >= 4 is 11.6 Å². The zero-order valence-electron chi connectivity index (χ0n) is 11.1. The molecule has 1 aliphatic rings. The summed E-state index contributed by atoms with van der Waals surface area (Å²) in [4.78, 5) is 13.7. The van der Waals surface area contributed by atoms with Crippen LogP contribution < -0.4 is 4.90 Å². The number of hydrogen-bond acceptors (Lipinski definition) is 3. The Labute approximate surface area is 111 Å². The van der Waals surface area contributed by atoms with E-state index < -0.39 is 0 Å². The first-order valence-corrected chi connectivity index (χ1v) is 6.45. The Balaban J connectivity index is 2.05. The van der Waals surface area contributed by atoms with Gasteiger partial charge in [0.05, 0.1) is 6.20 Å². The van der Waals surface area contributed by atoms with E-state index in [1.165, 1.54) is 5.56 Å². The highest BCUT2D eigenvalue weighted by Gasteiger charge is 2.26. The number of hydrogen-bond donors (Lipinski definition) is 1. The van der Waals surface area contributed by atoms with Crippen molar-refractivity contribution in [3.05, 3.63) is 30.0 Å². The molecule has 0 spiro atoms. The maximum Gasteiger partial charge on any atom is 0.224 e. The molecule has 5 nitrogen and oxygen atoms in total. The molecule has 5 heteroatoms. The number of rotatable bonds is 1. The average molecular weight is 256 g/mol. The molecule has 0 fully saturated rings. The number of amides is 1. The van der Waals surface area contributed by atoms with Crippen molar-refractivity contribution in [1.29, 1.82) is 0 Å². The summed E-state index contributed by atoms with van der Waals surface area (Å²) in [6, 6.07) is 6.37. The lowest BCUT2D eigenvalue weighted by Gasteiger charge is -2.34. The number of aromatic nitrogens is 3. The second-order valence-electron chi connectivity index (χ2n) is 4.98. The lowest BCUT2D eigenvalue weighted by Crippen LogP contribution is -2.40. The van der Waals surface area contributed by atoms with Crippen LogP contribution in [0.4, 0.5) is 5.69 Å². The molecule has 0 radical (unpaired) electrons. The largest absolute Gasteiger partial charge is 0.310 e. The van der Waals surface area contributed by atoms with Gasteiger partial charge < -0.3 is 4.90 Å². The number of H-pyrrole nitrogens is 1. The summed E-state index contributed by atoms with van der Waals surface area (Å²) >= 11 is 0. The lowest BCUT2D eigenvalue weighted by molar-refractivity contribution is -0.117. The third-order valence-corrected chi connectivity index (χ3v) is 3.66. The highest BCUT2D eigenvalue weighted by atomic mass is 16.2. The van der Waals surface area contributed by atoms with E-state index in [-0.39, 0.29) is 11.9 Å². The second-order valence-corrected chi connectivity index (χ2v) is 4.98. The molecule has 1 atom stereocenters. The third-order valence-electron chi connectivity index (χ3n) is 3.66. The minimum Gasteiger partial charge on any atom is -0.310 e. The number of nitrogens with one attached hydrogen (secondary N) is 1. The van der Waals surface area contributed by atoms with Crippen molar-refractivity contribution in [3.63, 3.8) is 0 Å². The molecule has 2 heterocycles. The minimum absolute atomic E-state index is 0.0997. The second kappa shape index (κ2) is 4.50. The van der Waals surface area contributed by atoms with Crippen LogP contribution in [0.25, 0.3) is 11.3 Å². The molecule has 0 bridgehead atoms. The molecule has 1 N–H and O–H groups in total. The van der Waals surface area contributed by atoms with Gasteiger partial charge in [-0.05, 0) is 37.5 Å². The van der Waals surface area contributed by atoms with Crippen molar-refractivity contribution in [2.75, 3.05) is 4.90 Å². The van der Waals surface area contributed by atoms with E-state index in [0.29, 0.717) is 0 Å². The zero-order valence-corrected chi connectivity index (χ0v) is 11.1. The number of benzene rings is 1. The van der Waals surface area contributed by atoms with Gasteiger partial charge in [-0.1, -0.05) is 6.07 Å². The van der Waals surface area contributed by atoms with Gasteiger partial charge in [-0.3, -0.25) is 4.79 Å². The minimum atomic E-state index is 0.0997. The Bertz CT molecular complexity index is 606. The predicted molar refractivity (Wildman–Crippen MR) is 72.8 cm³/mol. The number of anilines is 1. The highest BCUT2D eigenvalue weighted by molar-refractivity contribution is 5.93. The van der Waals surface area contributed by atoms with Crippen molar-refractivity contribution in [2.24, 2.45) is 0 Å². The smallest absolute Gasteiger partial charge is 0.224 e. The number of carbonyl (C=O) groups is 1. The van der Waals surface area contributed by atoms with Gasteiger partial charge in [0.15, 0.2) is 0 Å². The van der Waals surface area contributed by atoms with Crippen molar-refractivity contribution in [1.82, 2.24) is 15.4 Å². The van der Waals surface area contributed by atoms with Crippen LogP contribution in [0.3, 0.4) is 0 Å². The van der Waals surface area contributed by atoms with E-state index in [0.717, 1.165) is 29.8 Å². The Morgan fingerprint density at radius 1 is 1.47 bits per heavy atom. The molecule has 1 aromatic carbocycles. The molecule has 19 heavy (non-hydrogen) atoms. The Hall–Kier alpha value is -2.17. The van der Waals surface area contributed by atoms with E-state index >= 15 is 0 Å². The Kier molecular flexibility index (Phi) is 2.81. The molecule has 3 rings (SSSR count). The molecule has 0 unspecified atom stereocenters. The first kappa shape index (κ1) is 11.9. The number of aryl methyl sites for hydroxylation is 1. The molecular weight excluding hydrogens is 240 g/mol. The first-order valence-electron chi connectivity index (χ1n) is 6.45. The number of aromatic amines is 1. The van der Waals surface area contributed by atoms with Crippen LogP contribution in [0, 0.1) is 0 Å². The third kappa shape index (κ3) is 2.01. The summed E-state index contributed by atoms with van der Waals surface area (Å²) in [6.07, 6.45) is 3.69. The molecule has 0 saturated heterocycles. The van der Waals surface area contributed by atoms with Crippen LogP contribution in [-0.2, 0) is 11.2 Å². The van der Waals surface area contributed by atoms with Crippen molar-refractivity contribution in [2.45, 2.75) is 32.7 Å². The van der Waals surface area contributed by atoms with Gasteiger partial charge in [0.25, 0.3) is 0 Å². The molecule has 2 aromatic rings. The van der Waals surface area contributed by atoms with Gasteiger partial charge in [-0.2, -0.15) is 15.4 Å². The standard InChI is InChI=1S/C14H16N4O/c1-9-3-4-12-7-11(13-8-15-17-16-13)5-6-14(12)18(9)10(2)19/h5-9H,3-4H2,1-2H3,(H,15,16,17)/t9-/m0/s1. The fraction of sp³-hybridized carbons (Fsp3) is 0.357. The maximum atomic E-state index is 11.8. The average Bonchev–Trinajstić information content (AvgIpc) is 2.91. The van der Waals surface area contributed by atoms with E-state index in [2.05, 4.69) is 28.4 Å². The summed E-state index contributed by atoms with van der Waals surface area (Å²) in [7, 11) is 0. The SMILES string of the molecule is CC(=O)N1c2ccc(-c3cn[nH]n3)cc2CC[C@@H]1C. The first-order chi connectivity index (χ1) is 9.16. The normalized spacial score (nSPS) is 18.2. The number of nitrogens with zero attached hydrogens (tertiary/aromatic N) is 3. The van der Waals surface area contributed by atoms with Gasteiger partial charge in [0.1, 0.15) is 5.69 Å². The summed E-state index contributed by atoms with van der Waals surface area (Å²) in [5, 5.41) is 10.5. The topological polar surface area (TPSA) is 61.9 Å². The maximum absolute atomic E-state index is 11.8. The molecule has 1 amide bonds. The zero-order chi connectivity index (χ0) is 13.4. The van der Waals surface area contributed by atoms with Gasteiger partial charge in [-0.15, -0.1) is 0 Å². The van der Waals surface area contributed by atoms with Gasteiger partial charge in [0, 0.05) is 24.2 Å². The Morgan fingerprint density at radius 2 is 2.32 bits per heavy atom.